The van der Waals surface area contributed by atoms with Gasteiger partial charge >= 0.3 is 0 Å². The van der Waals surface area contributed by atoms with Crippen molar-refractivity contribution in [3.63, 3.8) is 0 Å². The van der Waals surface area contributed by atoms with Crippen molar-refractivity contribution in [3.8, 4) is 0 Å². The highest BCUT2D eigenvalue weighted by atomic mass is 15.1. The molecule has 0 aromatic heterocycles. The molecule has 0 bridgehead atoms. The van der Waals surface area contributed by atoms with Crippen LogP contribution >= 0.6 is 0 Å². The summed E-state index contributed by atoms with van der Waals surface area (Å²) >= 11 is 0. The van der Waals surface area contributed by atoms with Crippen molar-refractivity contribution in [2.45, 2.75) is 32.6 Å². The molecule has 0 atom stereocenters. The van der Waals surface area contributed by atoms with Crippen LogP contribution in [0.25, 0.3) is 0 Å². The summed E-state index contributed by atoms with van der Waals surface area (Å²) in [5, 5.41) is 0. The largest absolute Gasteiger partial charge is 0.235 e. The fourth-order valence-corrected chi connectivity index (χ4v) is 1.23. The maximum atomic E-state index is 4.11. The van der Waals surface area contributed by atoms with E-state index >= 15 is 0 Å². The van der Waals surface area contributed by atoms with E-state index in [-0.39, 0.29) is 0 Å². The molecule has 0 aliphatic carbocycles. The summed E-state index contributed by atoms with van der Waals surface area (Å²) in [5.41, 5.74) is 0. The number of aliphatic imine (C=N–C) groups is 1. The van der Waals surface area contributed by atoms with Crippen molar-refractivity contribution in [1.29, 1.82) is 0 Å². The van der Waals surface area contributed by atoms with E-state index < -0.39 is 0 Å². The van der Waals surface area contributed by atoms with Crippen LogP contribution in [0.15, 0.2) is 4.99 Å². The van der Waals surface area contributed by atoms with E-state index in [1.54, 1.807) is 0 Å². The monoisotopic (exact) mass is 153 g/mol. The van der Waals surface area contributed by atoms with Gasteiger partial charge in [0.2, 0.25) is 6.67 Å². The van der Waals surface area contributed by atoms with Gasteiger partial charge in [0, 0.05) is 6.42 Å². The predicted molar refractivity (Wildman–Crippen MR) is 48.7 cm³/mol. The normalized spacial score (nSPS) is 15.5. The molecule has 2 heteroatoms. The van der Waals surface area contributed by atoms with Crippen molar-refractivity contribution < 1.29 is 4.58 Å². The zero-order valence-electron chi connectivity index (χ0n) is 7.29. The minimum Gasteiger partial charge on any atom is -0.222 e. The molecule has 0 amide bonds. The average Bonchev–Trinajstić information content (AvgIpc) is 2.50. The van der Waals surface area contributed by atoms with Gasteiger partial charge < -0.3 is 0 Å². The standard InChI is InChI=1S/C9H17N2/c1-2-3-4-5-7-11-8-6-10-9-11/h6,8H,2-5,7,9H2,1H3/q+1. The Labute approximate surface area is 68.7 Å². The molecule has 11 heavy (non-hydrogen) atoms. The number of unbranched alkanes of at least 4 members (excludes halogenated alkanes) is 3. The van der Waals surface area contributed by atoms with Gasteiger partial charge in [-0.2, -0.15) is 0 Å². The molecular formula is C9H17N2+. The molecule has 1 rings (SSSR count). The Morgan fingerprint density at radius 3 is 2.91 bits per heavy atom. The minimum absolute atomic E-state index is 0.881. The summed E-state index contributed by atoms with van der Waals surface area (Å²) in [4.78, 5) is 4.11. The lowest BCUT2D eigenvalue weighted by Gasteiger charge is -1.96. The van der Waals surface area contributed by atoms with Gasteiger partial charge in [-0.25, -0.2) is 9.57 Å². The van der Waals surface area contributed by atoms with Gasteiger partial charge in [0.1, 0.15) is 6.54 Å². The van der Waals surface area contributed by atoms with Crippen molar-refractivity contribution in [3.05, 3.63) is 0 Å². The molecule has 1 aliphatic rings. The Hall–Kier alpha value is -0.660. The van der Waals surface area contributed by atoms with Crippen molar-refractivity contribution in [2.24, 2.45) is 4.99 Å². The highest BCUT2D eigenvalue weighted by Gasteiger charge is 2.04. The number of rotatable bonds is 5. The SMILES string of the molecule is CCCCCC[N+]1=CC=NC1. The topological polar surface area (TPSA) is 15.4 Å². The second-order valence-corrected chi connectivity index (χ2v) is 3.00. The van der Waals surface area contributed by atoms with Crippen LogP contribution in [0.4, 0.5) is 0 Å². The lowest BCUT2D eigenvalue weighted by Crippen LogP contribution is -2.10. The van der Waals surface area contributed by atoms with Gasteiger partial charge in [0.15, 0.2) is 6.21 Å². The van der Waals surface area contributed by atoms with Gasteiger partial charge in [-0.3, -0.25) is 0 Å². The smallest absolute Gasteiger partial charge is 0.222 e. The Kier molecular flexibility index (Phi) is 3.87. The Balaban J connectivity index is 1.95. The molecule has 0 saturated carbocycles. The van der Waals surface area contributed by atoms with Crippen LogP contribution in [0.3, 0.4) is 0 Å². The Morgan fingerprint density at radius 1 is 1.36 bits per heavy atom. The summed E-state index contributed by atoms with van der Waals surface area (Å²) in [6.45, 7) is 4.30. The van der Waals surface area contributed by atoms with Gasteiger partial charge in [0.25, 0.3) is 0 Å². The van der Waals surface area contributed by atoms with Gasteiger partial charge in [-0.15, -0.1) is 0 Å². The fourth-order valence-electron chi connectivity index (χ4n) is 1.23. The molecule has 0 saturated heterocycles. The number of hydrogen-bond donors (Lipinski definition) is 0. The Bertz CT molecular complexity index is 159. The van der Waals surface area contributed by atoms with Crippen LogP contribution < -0.4 is 0 Å². The molecular weight excluding hydrogens is 136 g/mol. The van der Waals surface area contributed by atoms with Gasteiger partial charge in [-0.05, 0) is 6.42 Å². The molecule has 0 fully saturated rings. The van der Waals surface area contributed by atoms with Crippen LogP contribution in [-0.4, -0.2) is 30.2 Å². The molecule has 0 radical (unpaired) electrons. The lowest BCUT2D eigenvalue weighted by molar-refractivity contribution is -0.517. The van der Waals surface area contributed by atoms with Crippen LogP contribution in [0.2, 0.25) is 0 Å². The van der Waals surface area contributed by atoms with E-state index in [4.69, 9.17) is 0 Å². The second-order valence-electron chi connectivity index (χ2n) is 3.00. The van der Waals surface area contributed by atoms with E-state index in [1.807, 2.05) is 6.21 Å². The molecule has 1 heterocycles. The van der Waals surface area contributed by atoms with Gasteiger partial charge in [0.05, 0.1) is 6.21 Å². The Morgan fingerprint density at radius 2 is 2.27 bits per heavy atom. The molecule has 2 nitrogen and oxygen atoms in total. The average molecular weight is 153 g/mol. The predicted octanol–water partition coefficient (Wildman–Crippen LogP) is 1.69. The highest BCUT2D eigenvalue weighted by molar-refractivity contribution is 6.14. The quantitative estimate of drug-likeness (QED) is 0.422. The lowest BCUT2D eigenvalue weighted by atomic mass is 10.2. The van der Waals surface area contributed by atoms with E-state index in [0.29, 0.717) is 0 Å². The minimum atomic E-state index is 0.881. The van der Waals surface area contributed by atoms with Crippen molar-refractivity contribution in [1.82, 2.24) is 0 Å². The first-order valence-electron chi connectivity index (χ1n) is 4.51. The van der Waals surface area contributed by atoms with Crippen molar-refractivity contribution >= 4 is 12.4 Å². The molecule has 0 unspecified atom stereocenters. The summed E-state index contributed by atoms with van der Waals surface area (Å²) < 4.78 is 2.26. The van der Waals surface area contributed by atoms with Gasteiger partial charge in [-0.1, -0.05) is 19.8 Å². The zero-order chi connectivity index (χ0) is 7.94. The third-order valence-corrected chi connectivity index (χ3v) is 1.95. The maximum absolute atomic E-state index is 4.11. The third-order valence-electron chi connectivity index (χ3n) is 1.95. The highest BCUT2D eigenvalue weighted by Crippen LogP contribution is 1.99. The number of hydrogen-bond acceptors (Lipinski definition) is 1. The first-order valence-corrected chi connectivity index (χ1v) is 4.51. The van der Waals surface area contributed by atoms with Crippen LogP contribution in [0.1, 0.15) is 32.6 Å². The van der Waals surface area contributed by atoms with E-state index in [2.05, 4.69) is 22.7 Å². The maximum Gasteiger partial charge on any atom is 0.235 e. The summed E-state index contributed by atoms with van der Waals surface area (Å²) in [5.74, 6) is 0. The van der Waals surface area contributed by atoms with E-state index in [9.17, 15) is 0 Å². The van der Waals surface area contributed by atoms with Crippen LogP contribution in [-0.2, 0) is 0 Å². The fraction of sp³-hybridized carbons (Fsp3) is 0.778. The third kappa shape index (κ3) is 3.30. The summed E-state index contributed by atoms with van der Waals surface area (Å²) in [6.07, 6.45) is 9.33. The molecule has 0 spiro atoms. The first-order chi connectivity index (χ1) is 5.43. The summed E-state index contributed by atoms with van der Waals surface area (Å²) in [7, 11) is 0. The molecule has 0 N–H and O–H groups in total. The number of nitrogens with zero attached hydrogens (tertiary/aromatic N) is 2. The second kappa shape index (κ2) is 5.05. The molecule has 0 aromatic carbocycles. The van der Waals surface area contributed by atoms with Crippen LogP contribution in [0.5, 0.6) is 0 Å². The van der Waals surface area contributed by atoms with E-state index in [0.717, 1.165) is 6.67 Å². The van der Waals surface area contributed by atoms with Crippen molar-refractivity contribution in [2.75, 3.05) is 13.2 Å². The van der Waals surface area contributed by atoms with E-state index in [1.165, 1.54) is 32.2 Å². The summed E-state index contributed by atoms with van der Waals surface area (Å²) in [6, 6.07) is 0. The molecule has 1 aliphatic heterocycles. The molecule has 62 valence electrons. The first kappa shape index (κ1) is 8.44. The molecule has 0 aromatic rings. The van der Waals surface area contributed by atoms with Crippen LogP contribution in [0, 0.1) is 0 Å². The zero-order valence-corrected chi connectivity index (χ0v) is 7.29.